The van der Waals surface area contributed by atoms with Gasteiger partial charge < -0.3 is 0 Å². The molecule has 0 fully saturated rings. The number of rotatable bonds is 1. The Hall–Kier alpha value is -1.36. The van der Waals surface area contributed by atoms with Crippen LogP contribution in [-0.4, -0.2) is 6.29 Å². The Balaban J connectivity index is -0.0000000755. The average molecular weight is 242 g/mol. The van der Waals surface area contributed by atoms with Crippen LogP contribution in [0.3, 0.4) is 0 Å². The van der Waals surface area contributed by atoms with Crippen molar-refractivity contribution >= 4 is 6.29 Å². The fourth-order valence-electron chi connectivity index (χ4n) is 0.532. The van der Waals surface area contributed by atoms with Crippen molar-refractivity contribution in [1.29, 1.82) is 0 Å². The van der Waals surface area contributed by atoms with Gasteiger partial charge in [-0.15, -0.1) is 0 Å². The molecule has 0 saturated heterocycles. The molecule has 5 heteroatoms. The van der Waals surface area contributed by atoms with Crippen LogP contribution in [0, 0.1) is 20.0 Å². The van der Waals surface area contributed by atoms with Crippen LogP contribution in [-0.2, 0) is 31.3 Å². The molecule has 0 amide bonds. The van der Waals surface area contributed by atoms with Crippen LogP contribution in [0.15, 0.2) is 30.3 Å². The van der Waals surface area contributed by atoms with Crippen molar-refractivity contribution < 1.29 is 36.1 Å². The smallest absolute Gasteiger partial charge is 0 e. The zero-order valence-electron chi connectivity index (χ0n) is 7.51. The minimum atomic E-state index is 0. The molecule has 4 nitrogen and oxygen atoms in total. The van der Waals surface area contributed by atoms with E-state index in [2.05, 4.69) is 20.0 Å². The van der Waals surface area contributed by atoms with Gasteiger partial charge in [-0.25, -0.2) is 0 Å². The maximum absolute atomic E-state index is 10.0. The second kappa shape index (κ2) is 29.3. The van der Waals surface area contributed by atoms with Gasteiger partial charge in [0.05, 0.1) is 0 Å². The Bertz CT molecular complexity index is 262. The van der Waals surface area contributed by atoms with Crippen molar-refractivity contribution in [2.75, 3.05) is 0 Å². The maximum Gasteiger partial charge on any atom is 0 e. The van der Waals surface area contributed by atoms with E-state index < -0.39 is 0 Å². The molecule has 15 heavy (non-hydrogen) atoms. The summed E-state index contributed by atoms with van der Waals surface area (Å²) in [6.07, 6.45) is 0.833. The standard InChI is InChI=1S/C7H6O.3CO.Cr/c8-6-7-4-2-1-3-5-7;3*1-2;/h1-6H;;;;. The Morgan fingerprint density at radius 3 is 1.40 bits per heavy atom. The first-order valence-electron chi connectivity index (χ1n) is 3.05. The molecule has 0 saturated carbocycles. The molecule has 0 spiro atoms. The van der Waals surface area contributed by atoms with Crippen molar-refractivity contribution in [2.24, 2.45) is 0 Å². The van der Waals surface area contributed by atoms with Gasteiger partial charge in [0.25, 0.3) is 0 Å². The fourth-order valence-corrected chi connectivity index (χ4v) is 0.532. The summed E-state index contributed by atoms with van der Waals surface area (Å²) in [4.78, 5) is 10.0. The summed E-state index contributed by atoms with van der Waals surface area (Å²) in [6, 6.07) is 9.10. The first-order chi connectivity index (χ1) is 6.93. The molecule has 0 N–H and O–H groups in total. The van der Waals surface area contributed by atoms with E-state index in [1.807, 2.05) is 18.2 Å². The number of hydrogen-bond donors (Lipinski definition) is 0. The van der Waals surface area contributed by atoms with Crippen molar-refractivity contribution in [3.8, 4) is 0 Å². The van der Waals surface area contributed by atoms with Gasteiger partial charge >= 0.3 is 33.9 Å². The number of carbonyl (C=O) groups excluding carboxylic acids is 1. The van der Waals surface area contributed by atoms with E-state index >= 15 is 0 Å². The molecule has 0 unspecified atom stereocenters. The second-order valence-electron chi connectivity index (χ2n) is 1.53. The molecule has 1 aromatic rings. The van der Waals surface area contributed by atoms with Gasteiger partial charge in [-0.3, -0.25) is 4.79 Å². The van der Waals surface area contributed by atoms with Crippen molar-refractivity contribution in [2.45, 2.75) is 0 Å². The third-order valence-electron chi connectivity index (χ3n) is 0.936. The summed E-state index contributed by atoms with van der Waals surface area (Å²) in [5.74, 6) is 0. The van der Waals surface area contributed by atoms with Gasteiger partial charge in [0.2, 0.25) is 0 Å². The summed E-state index contributed by atoms with van der Waals surface area (Å²) < 4.78 is 22.5. The average Bonchev–Trinajstić information content (AvgIpc) is 2.37. The van der Waals surface area contributed by atoms with E-state index in [-0.39, 0.29) is 17.4 Å². The third kappa shape index (κ3) is 19.2. The van der Waals surface area contributed by atoms with Crippen LogP contribution in [0.1, 0.15) is 10.4 Å². The SMILES string of the molecule is O=Cc1ccccc1.[C-]#[O+].[C-]#[O+].[C-]#[O+].[Cr]. The Labute approximate surface area is 98.6 Å². The van der Waals surface area contributed by atoms with Crippen LogP contribution in [0.25, 0.3) is 0 Å². The normalized spacial score (nSPS) is 4.93. The summed E-state index contributed by atoms with van der Waals surface area (Å²) in [5.41, 5.74) is 0.729. The van der Waals surface area contributed by atoms with Crippen LogP contribution >= 0.6 is 0 Å². The molecule has 0 heterocycles. The van der Waals surface area contributed by atoms with Crippen LogP contribution < -0.4 is 0 Å². The Kier molecular flexibility index (Phi) is 45.9. The van der Waals surface area contributed by atoms with Crippen LogP contribution in [0.5, 0.6) is 0 Å². The Morgan fingerprint density at radius 1 is 0.867 bits per heavy atom. The minimum Gasteiger partial charge on any atom is 0 e. The summed E-state index contributed by atoms with van der Waals surface area (Å²) in [6.45, 7) is 13.5. The van der Waals surface area contributed by atoms with E-state index in [1.54, 1.807) is 12.1 Å². The molecule has 0 aliphatic rings. The topological polar surface area (TPSA) is 76.8 Å². The molecule has 0 radical (unpaired) electrons. The van der Waals surface area contributed by atoms with Gasteiger partial charge in [0, 0.05) is 22.9 Å². The maximum atomic E-state index is 10.0. The predicted molar refractivity (Wildman–Crippen MR) is 43.6 cm³/mol. The Morgan fingerprint density at radius 2 is 1.20 bits per heavy atom. The van der Waals surface area contributed by atoms with Crippen molar-refractivity contribution in [1.82, 2.24) is 0 Å². The summed E-state index contributed by atoms with van der Waals surface area (Å²) in [7, 11) is 0. The number of hydrogen-bond acceptors (Lipinski definition) is 1. The summed E-state index contributed by atoms with van der Waals surface area (Å²) >= 11 is 0. The molecular formula is C10H6CrO4. The van der Waals surface area contributed by atoms with E-state index in [4.69, 9.17) is 14.0 Å². The monoisotopic (exact) mass is 242 g/mol. The zero-order valence-corrected chi connectivity index (χ0v) is 8.78. The molecular weight excluding hydrogens is 236 g/mol. The van der Waals surface area contributed by atoms with Gasteiger partial charge in [0.15, 0.2) is 0 Å². The quantitative estimate of drug-likeness (QED) is 0.416. The van der Waals surface area contributed by atoms with Crippen LogP contribution in [0.4, 0.5) is 0 Å². The largest absolute Gasteiger partial charge is 0 e. The fraction of sp³-hybridized carbons (Fsp3) is 0. The number of carbonyl (C=O) groups is 1. The van der Waals surface area contributed by atoms with E-state index in [0.717, 1.165) is 11.8 Å². The molecule has 1 aromatic carbocycles. The van der Waals surface area contributed by atoms with Crippen LogP contribution in [0.2, 0.25) is 0 Å². The second-order valence-corrected chi connectivity index (χ2v) is 1.53. The number of aldehydes is 1. The molecule has 0 aliphatic carbocycles. The molecule has 76 valence electrons. The van der Waals surface area contributed by atoms with E-state index in [1.165, 1.54) is 0 Å². The molecule has 0 atom stereocenters. The third-order valence-corrected chi connectivity index (χ3v) is 0.936. The van der Waals surface area contributed by atoms with Gasteiger partial charge in [0.1, 0.15) is 6.29 Å². The first kappa shape index (κ1) is 23.5. The number of benzene rings is 1. The van der Waals surface area contributed by atoms with E-state index in [0.29, 0.717) is 0 Å². The molecule has 0 aromatic heterocycles. The van der Waals surface area contributed by atoms with Gasteiger partial charge in [-0.2, -0.15) is 0 Å². The predicted octanol–water partition coefficient (Wildman–Crippen LogP) is 1.38. The molecule has 0 aliphatic heterocycles. The molecule has 0 bridgehead atoms. The van der Waals surface area contributed by atoms with E-state index in [9.17, 15) is 4.79 Å². The first-order valence-corrected chi connectivity index (χ1v) is 3.05. The summed E-state index contributed by atoms with van der Waals surface area (Å²) in [5, 5.41) is 0. The molecule has 1 rings (SSSR count). The minimum absolute atomic E-state index is 0. The van der Waals surface area contributed by atoms with Crippen molar-refractivity contribution in [3.05, 3.63) is 55.8 Å². The zero-order chi connectivity index (χ0) is 11.8. The van der Waals surface area contributed by atoms with Crippen molar-refractivity contribution in [3.63, 3.8) is 0 Å². The van der Waals surface area contributed by atoms with Gasteiger partial charge in [-0.05, 0) is 0 Å². The van der Waals surface area contributed by atoms with Gasteiger partial charge in [-0.1, -0.05) is 30.3 Å².